The SMILES string of the molecule is CC[C@H](C)NC(=O)[C@H](Cc1ccccc1)N(Cc1ccc(F)cc1)C(=O)CN(c1ccccc1)S(=O)(=O)c1ccc(C)cc1. The van der Waals surface area contributed by atoms with E-state index < -0.39 is 34.3 Å². The van der Waals surface area contributed by atoms with Crippen LogP contribution in [0.25, 0.3) is 0 Å². The molecule has 44 heavy (non-hydrogen) atoms. The maximum absolute atomic E-state index is 14.4. The van der Waals surface area contributed by atoms with E-state index in [1.165, 1.54) is 29.2 Å². The van der Waals surface area contributed by atoms with Gasteiger partial charge in [-0.25, -0.2) is 12.8 Å². The van der Waals surface area contributed by atoms with Crippen LogP contribution < -0.4 is 9.62 Å². The molecule has 0 radical (unpaired) electrons. The topological polar surface area (TPSA) is 86.8 Å². The zero-order valence-electron chi connectivity index (χ0n) is 25.2. The molecular formula is C35H38FN3O4S. The van der Waals surface area contributed by atoms with Crippen molar-refractivity contribution in [3.05, 3.63) is 132 Å². The van der Waals surface area contributed by atoms with Gasteiger partial charge in [0, 0.05) is 19.0 Å². The number of anilines is 1. The molecule has 4 rings (SSSR count). The van der Waals surface area contributed by atoms with Crippen LogP contribution in [0.1, 0.15) is 37.0 Å². The number of nitrogens with zero attached hydrogens (tertiary/aromatic N) is 2. The maximum Gasteiger partial charge on any atom is 0.264 e. The average Bonchev–Trinajstić information content (AvgIpc) is 3.03. The number of benzene rings is 4. The highest BCUT2D eigenvalue weighted by Gasteiger charge is 2.35. The van der Waals surface area contributed by atoms with Gasteiger partial charge in [-0.3, -0.25) is 13.9 Å². The van der Waals surface area contributed by atoms with Crippen molar-refractivity contribution in [3.63, 3.8) is 0 Å². The van der Waals surface area contributed by atoms with E-state index >= 15 is 0 Å². The first-order valence-electron chi connectivity index (χ1n) is 14.6. The van der Waals surface area contributed by atoms with Crippen LogP contribution in [0, 0.1) is 12.7 Å². The molecule has 0 aliphatic heterocycles. The number of carbonyl (C=O) groups is 2. The van der Waals surface area contributed by atoms with E-state index in [1.807, 2.05) is 51.1 Å². The summed E-state index contributed by atoms with van der Waals surface area (Å²) in [5.74, 6) is -1.36. The van der Waals surface area contributed by atoms with Gasteiger partial charge in [0.05, 0.1) is 10.6 Å². The first kappa shape index (κ1) is 32.4. The predicted molar refractivity (Wildman–Crippen MR) is 171 cm³/mol. The quantitative estimate of drug-likeness (QED) is 0.203. The van der Waals surface area contributed by atoms with Crippen molar-refractivity contribution in [2.45, 2.75) is 57.1 Å². The number of hydrogen-bond acceptors (Lipinski definition) is 4. The van der Waals surface area contributed by atoms with Crippen LogP contribution in [0.15, 0.2) is 114 Å². The average molecular weight is 616 g/mol. The van der Waals surface area contributed by atoms with Crippen molar-refractivity contribution in [1.29, 1.82) is 0 Å². The molecule has 4 aromatic rings. The third-order valence-corrected chi connectivity index (χ3v) is 9.26. The predicted octanol–water partition coefficient (Wildman–Crippen LogP) is 5.88. The second-order valence-electron chi connectivity index (χ2n) is 10.8. The molecule has 0 saturated carbocycles. The normalized spacial score (nSPS) is 12.6. The van der Waals surface area contributed by atoms with Gasteiger partial charge in [0.2, 0.25) is 11.8 Å². The number of para-hydroxylation sites is 1. The van der Waals surface area contributed by atoms with Crippen molar-refractivity contribution >= 4 is 27.5 Å². The van der Waals surface area contributed by atoms with E-state index in [1.54, 1.807) is 54.6 Å². The van der Waals surface area contributed by atoms with Crippen molar-refractivity contribution in [2.75, 3.05) is 10.8 Å². The van der Waals surface area contributed by atoms with Crippen molar-refractivity contribution in [1.82, 2.24) is 10.2 Å². The molecule has 1 N–H and O–H groups in total. The standard InChI is InChI=1S/C35H38FN3O4S/c1-4-27(3)37-35(41)33(23-28-11-7-5-8-12-28)38(24-29-17-19-30(36)20-18-29)34(40)25-39(31-13-9-6-10-14-31)44(42,43)32-21-15-26(2)16-22-32/h5-22,27,33H,4,23-25H2,1-3H3,(H,37,41)/t27-,33-/m0/s1. The minimum Gasteiger partial charge on any atom is -0.352 e. The highest BCUT2D eigenvalue weighted by atomic mass is 32.2. The number of nitrogens with one attached hydrogen (secondary N) is 1. The van der Waals surface area contributed by atoms with Gasteiger partial charge in [-0.05, 0) is 67.8 Å². The van der Waals surface area contributed by atoms with Gasteiger partial charge in [0.15, 0.2) is 0 Å². The number of halogens is 1. The summed E-state index contributed by atoms with van der Waals surface area (Å²) in [5.41, 5.74) is 2.64. The van der Waals surface area contributed by atoms with Crippen LogP contribution in [-0.4, -0.2) is 43.8 Å². The lowest BCUT2D eigenvalue weighted by molar-refractivity contribution is -0.140. The van der Waals surface area contributed by atoms with E-state index in [9.17, 15) is 22.4 Å². The van der Waals surface area contributed by atoms with Crippen molar-refractivity contribution < 1.29 is 22.4 Å². The van der Waals surface area contributed by atoms with E-state index in [0.29, 0.717) is 17.7 Å². The largest absolute Gasteiger partial charge is 0.352 e. The highest BCUT2D eigenvalue weighted by molar-refractivity contribution is 7.92. The Balaban J connectivity index is 1.78. The molecule has 0 aliphatic carbocycles. The van der Waals surface area contributed by atoms with Gasteiger partial charge in [-0.1, -0.05) is 85.3 Å². The number of carbonyl (C=O) groups excluding carboxylic acids is 2. The summed E-state index contributed by atoms with van der Waals surface area (Å²) in [6, 6.07) is 28.8. The molecule has 0 heterocycles. The Bertz CT molecular complexity index is 1630. The van der Waals surface area contributed by atoms with Crippen LogP contribution in [0.4, 0.5) is 10.1 Å². The summed E-state index contributed by atoms with van der Waals surface area (Å²) in [4.78, 5) is 29.6. The third-order valence-electron chi connectivity index (χ3n) is 7.47. The Kier molecular flexibility index (Phi) is 10.9. The van der Waals surface area contributed by atoms with Gasteiger partial charge in [-0.2, -0.15) is 0 Å². The van der Waals surface area contributed by atoms with E-state index in [4.69, 9.17) is 0 Å². The van der Waals surface area contributed by atoms with Gasteiger partial charge in [-0.15, -0.1) is 0 Å². The van der Waals surface area contributed by atoms with E-state index in [-0.39, 0.29) is 29.8 Å². The Morgan fingerprint density at radius 2 is 1.41 bits per heavy atom. The molecule has 0 unspecified atom stereocenters. The summed E-state index contributed by atoms with van der Waals surface area (Å²) in [6.45, 7) is 5.11. The fourth-order valence-electron chi connectivity index (χ4n) is 4.74. The molecule has 2 atom stereocenters. The lowest BCUT2D eigenvalue weighted by Gasteiger charge is -2.34. The van der Waals surface area contributed by atoms with E-state index in [0.717, 1.165) is 15.4 Å². The zero-order valence-corrected chi connectivity index (χ0v) is 26.0. The highest BCUT2D eigenvalue weighted by Crippen LogP contribution is 2.25. The fourth-order valence-corrected chi connectivity index (χ4v) is 6.16. The number of sulfonamides is 1. The lowest BCUT2D eigenvalue weighted by atomic mass is 10.0. The second kappa shape index (κ2) is 14.8. The maximum atomic E-state index is 14.4. The number of aryl methyl sites for hydroxylation is 1. The van der Waals surface area contributed by atoms with Crippen molar-refractivity contribution in [2.24, 2.45) is 0 Å². The molecule has 0 spiro atoms. The minimum absolute atomic E-state index is 0.0300. The summed E-state index contributed by atoms with van der Waals surface area (Å²) < 4.78 is 42.9. The first-order valence-corrected chi connectivity index (χ1v) is 16.0. The molecule has 4 aromatic carbocycles. The van der Waals surface area contributed by atoms with Crippen LogP contribution in [-0.2, 0) is 32.6 Å². The van der Waals surface area contributed by atoms with E-state index in [2.05, 4.69) is 5.32 Å². The fraction of sp³-hybridized carbons (Fsp3) is 0.257. The molecule has 0 fully saturated rings. The Morgan fingerprint density at radius 3 is 2.00 bits per heavy atom. The molecule has 230 valence electrons. The van der Waals surface area contributed by atoms with Gasteiger partial charge in [0.25, 0.3) is 10.0 Å². The lowest BCUT2D eigenvalue weighted by Crippen LogP contribution is -2.54. The van der Waals surface area contributed by atoms with Crippen LogP contribution in [0.2, 0.25) is 0 Å². The van der Waals surface area contributed by atoms with Crippen LogP contribution in [0.3, 0.4) is 0 Å². The van der Waals surface area contributed by atoms with Crippen molar-refractivity contribution in [3.8, 4) is 0 Å². The first-order chi connectivity index (χ1) is 21.1. The monoisotopic (exact) mass is 615 g/mol. The molecular weight excluding hydrogens is 577 g/mol. The molecule has 0 aromatic heterocycles. The third kappa shape index (κ3) is 8.32. The van der Waals surface area contributed by atoms with Gasteiger partial charge in [0.1, 0.15) is 18.4 Å². The molecule has 0 bridgehead atoms. The minimum atomic E-state index is -4.17. The summed E-state index contributed by atoms with van der Waals surface area (Å²) in [7, 11) is -4.17. The van der Waals surface area contributed by atoms with Gasteiger partial charge < -0.3 is 10.2 Å². The molecule has 9 heteroatoms. The summed E-state index contributed by atoms with van der Waals surface area (Å²) >= 11 is 0. The number of hydrogen-bond donors (Lipinski definition) is 1. The Morgan fingerprint density at radius 1 is 0.818 bits per heavy atom. The smallest absolute Gasteiger partial charge is 0.264 e. The number of rotatable bonds is 13. The van der Waals surface area contributed by atoms with Crippen LogP contribution >= 0.6 is 0 Å². The Hall–Kier alpha value is -4.50. The molecule has 0 saturated heterocycles. The summed E-state index contributed by atoms with van der Waals surface area (Å²) in [5, 5.41) is 3.00. The Labute approximate surface area is 259 Å². The second-order valence-corrected chi connectivity index (χ2v) is 12.7. The zero-order chi connectivity index (χ0) is 31.7. The molecule has 0 aliphatic rings. The van der Waals surface area contributed by atoms with Gasteiger partial charge >= 0.3 is 0 Å². The molecule has 7 nitrogen and oxygen atoms in total. The summed E-state index contributed by atoms with van der Waals surface area (Å²) in [6.07, 6.45) is 0.887. The van der Waals surface area contributed by atoms with Crippen LogP contribution in [0.5, 0.6) is 0 Å². The number of amides is 2. The molecule has 2 amide bonds.